The topological polar surface area (TPSA) is 98.3 Å². The summed E-state index contributed by atoms with van der Waals surface area (Å²) < 4.78 is 5.85. The quantitative estimate of drug-likeness (QED) is 0.325. The van der Waals surface area contributed by atoms with Gasteiger partial charge in [-0.1, -0.05) is 28.8 Å². The lowest BCUT2D eigenvalue weighted by Gasteiger charge is -2.06. The lowest BCUT2D eigenvalue weighted by Crippen LogP contribution is -2.12. The van der Waals surface area contributed by atoms with E-state index in [1.807, 2.05) is 26.0 Å². The highest BCUT2D eigenvalue weighted by Crippen LogP contribution is 2.28. The second-order valence-corrected chi connectivity index (χ2v) is 7.36. The number of aryl methyl sites for hydroxylation is 2. The van der Waals surface area contributed by atoms with Crippen LogP contribution >= 0.6 is 11.6 Å². The van der Waals surface area contributed by atoms with Gasteiger partial charge < -0.3 is 9.73 Å². The van der Waals surface area contributed by atoms with Gasteiger partial charge >= 0.3 is 0 Å². The number of nitro benzene ring substituents is 1. The molecule has 0 spiro atoms. The van der Waals surface area contributed by atoms with E-state index in [4.69, 9.17) is 16.0 Å². The summed E-state index contributed by atoms with van der Waals surface area (Å²) in [6, 6.07) is 14.8. The van der Waals surface area contributed by atoms with E-state index >= 15 is 0 Å². The van der Waals surface area contributed by atoms with Crippen molar-refractivity contribution in [3.63, 3.8) is 0 Å². The van der Waals surface area contributed by atoms with Crippen molar-refractivity contribution < 1.29 is 14.1 Å². The first-order chi connectivity index (χ1) is 14.3. The zero-order valence-electron chi connectivity index (χ0n) is 16.1. The van der Waals surface area contributed by atoms with Crippen LogP contribution < -0.4 is 5.32 Å². The Labute approximate surface area is 176 Å². The summed E-state index contributed by atoms with van der Waals surface area (Å²) in [5.74, 6) is -0.0666. The van der Waals surface area contributed by atoms with Crippen molar-refractivity contribution in [2.24, 2.45) is 0 Å². The summed E-state index contributed by atoms with van der Waals surface area (Å²) in [5.41, 5.74) is 4.51. The maximum atomic E-state index is 12.6. The smallest absolute Gasteiger partial charge is 0.270 e. The molecule has 0 saturated carbocycles. The Kier molecular flexibility index (Phi) is 4.97. The molecule has 150 valence electrons. The van der Waals surface area contributed by atoms with Crippen LogP contribution in [0, 0.1) is 24.0 Å². The van der Waals surface area contributed by atoms with Gasteiger partial charge in [0.2, 0.25) is 5.89 Å². The van der Waals surface area contributed by atoms with Crippen LogP contribution in [-0.2, 0) is 0 Å². The van der Waals surface area contributed by atoms with Gasteiger partial charge in [0.15, 0.2) is 5.58 Å². The minimum atomic E-state index is -0.580. The van der Waals surface area contributed by atoms with Crippen LogP contribution in [0.25, 0.3) is 22.6 Å². The number of benzene rings is 3. The van der Waals surface area contributed by atoms with E-state index in [0.29, 0.717) is 22.7 Å². The molecule has 0 radical (unpaired) electrons. The molecular formula is C22H16ClN3O4. The molecule has 4 aromatic rings. The van der Waals surface area contributed by atoms with Crippen molar-refractivity contribution in [3.8, 4) is 11.5 Å². The van der Waals surface area contributed by atoms with Gasteiger partial charge in [-0.3, -0.25) is 14.9 Å². The number of hydrogen-bond acceptors (Lipinski definition) is 5. The Morgan fingerprint density at radius 3 is 2.50 bits per heavy atom. The first-order valence-electron chi connectivity index (χ1n) is 9.05. The number of non-ortho nitro benzene ring substituents is 1. The monoisotopic (exact) mass is 421 g/mol. The Morgan fingerprint density at radius 2 is 1.80 bits per heavy atom. The molecule has 1 amide bonds. The molecule has 1 aromatic heterocycles. The fourth-order valence-corrected chi connectivity index (χ4v) is 3.43. The second kappa shape index (κ2) is 7.61. The van der Waals surface area contributed by atoms with Gasteiger partial charge in [0.05, 0.1) is 15.5 Å². The molecule has 3 aromatic carbocycles. The van der Waals surface area contributed by atoms with Crippen LogP contribution in [0.3, 0.4) is 0 Å². The van der Waals surface area contributed by atoms with E-state index in [1.165, 1.54) is 12.1 Å². The van der Waals surface area contributed by atoms with Gasteiger partial charge in [-0.25, -0.2) is 4.98 Å². The van der Waals surface area contributed by atoms with E-state index in [2.05, 4.69) is 16.4 Å². The fraction of sp³-hybridized carbons (Fsp3) is 0.0909. The SMILES string of the molecule is Cc1cc(C)cc(-c2nc3cc(NC(=O)c4cc([N+](=O)[O-])ccc4Cl)ccc3o2)c1. The number of amides is 1. The number of rotatable bonds is 4. The lowest BCUT2D eigenvalue weighted by atomic mass is 10.1. The molecule has 0 aliphatic carbocycles. The maximum Gasteiger partial charge on any atom is 0.270 e. The largest absolute Gasteiger partial charge is 0.436 e. The van der Waals surface area contributed by atoms with Gasteiger partial charge in [0, 0.05) is 23.4 Å². The highest BCUT2D eigenvalue weighted by molar-refractivity contribution is 6.34. The lowest BCUT2D eigenvalue weighted by molar-refractivity contribution is -0.384. The summed E-state index contributed by atoms with van der Waals surface area (Å²) in [6.45, 7) is 4.01. The van der Waals surface area contributed by atoms with Crippen LogP contribution in [-0.4, -0.2) is 15.8 Å². The summed E-state index contributed by atoms with van der Waals surface area (Å²) in [6.07, 6.45) is 0. The molecular weight excluding hydrogens is 406 g/mol. The molecule has 8 heteroatoms. The molecule has 0 fully saturated rings. The van der Waals surface area contributed by atoms with Gasteiger partial charge in [-0.2, -0.15) is 0 Å². The van der Waals surface area contributed by atoms with Crippen molar-refractivity contribution in [1.29, 1.82) is 0 Å². The van der Waals surface area contributed by atoms with E-state index < -0.39 is 10.8 Å². The third-order valence-electron chi connectivity index (χ3n) is 4.52. The first kappa shape index (κ1) is 19.6. The minimum Gasteiger partial charge on any atom is -0.436 e. The number of nitrogens with zero attached hydrogens (tertiary/aromatic N) is 2. The van der Waals surface area contributed by atoms with Crippen LogP contribution in [0.15, 0.2) is 59.0 Å². The molecule has 0 aliphatic heterocycles. The predicted molar refractivity (Wildman–Crippen MR) is 115 cm³/mol. The third-order valence-corrected chi connectivity index (χ3v) is 4.85. The Morgan fingerprint density at radius 1 is 1.07 bits per heavy atom. The second-order valence-electron chi connectivity index (χ2n) is 6.95. The van der Waals surface area contributed by atoms with Gasteiger partial charge in [-0.15, -0.1) is 0 Å². The molecule has 0 atom stereocenters. The number of oxazole rings is 1. The zero-order chi connectivity index (χ0) is 21.4. The highest BCUT2D eigenvalue weighted by atomic mass is 35.5. The summed E-state index contributed by atoms with van der Waals surface area (Å²) in [4.78, 5) is 27.5. The van der Waals surface area contributed by atoms with E-state index in [0.717, 1.165) is 22.8 Å². The van der Waals surface area contributed by atoms with Crippen molar-refractivity contribution in [1.82, 2.24) is 4.98 Å². The number of hydrogen-bond donors (Lipinski definition) is 1. The Balaban J connectivity index is 1.64. The molecule has 4 rings (SSSR count). The molecule has 0 bridgehead atoms. The summed E-state index contributed by atoms with van der Waals surface area (Å²) in [5, 5.41) is 13.8. The Bertz CT molecular complexity index is 1290. The normalized spacial score (nSPS) is 10.9. The molecule has 1 heterocycles. The Hall–Kier alpha value is -3.71. The number of anilines is 1. The molecule has 1 N–H and O–H groups in total. The average molecular weight is 422 g/mol. The number of nitro groups is 1. The standard InChI is InChI=1S/C22H16ClN3O4/c1-12-7-13(2)9-14(8-12)22-25-19-10-15(3-6-20(19)30-22)24-21(27)17-11-16(26(28)29)4-5-18(17)23/h3-11H,1-2H3,(H,24,27). The fourth-order valence-electron chi connectivity index (χ4n) is 3.23. The van der Waals surface area contributed by atoms with Crippen LogP contribution in [0.5, 0.6) is 0 Å². The van der Waals surface area contributed by atoms with Crippen molar-refractivity contribution in [2.75, 3.05) is 5.32 Å². The average Bonchev–Trinajstić information content (AvgIpc) is 3.11. The number of aromatic nitrogens is 1. The molecule has 0 aliphatic rings. The van der Waals surface area contributed by atoms with E-state index in [-0.39, 0.29) is 16.3 Å². The third kappa shape index (κ3) is 3.88. The number of fused-ring (bicyclic) bond motifs is 1. The van der Waals surface area contributed by atoms with Crippen LogP contribution in [0.1, 0.15) is 21.5 Å². The summed E-state index contributed by atoms with van der Waals surface area (Å²) >= 11 is 6.04. The van der Waals surface area contributed by atoms with Crippen LogP contribution in [0.2, 0.25) is 5.02 Å². The van der Waals surface area contributed by atoms with Crippen molar-refractivity contribution in [2.45, 2.75) is 13.8 Å². The maximum absolute atomic E-state index is 12.6. The van der Waals surface area contributed by atoms with E-state index in [1.54, 1.807) is 18.2 Å². The van der Waals surface area contributed by atoms with Gasteiger partial charge in [0.1, 0.15) is 5.52 Å². The van der Waals surface area contributed by atoms with Gasteiger partial charge in [-0.05, 0) is 50.2 Å². The molecule has 0 unspecified atom stereocenters. The predicted octanol–water partition coefficient (Wildman–Crippen LogP) is 5.93. The molecule has 30 heavy (non-hydrogen) atoms. The van der Waals surface area contributed by atoms with Crippen molar-refractivity contribution >= 4 is 40.0 Å². The van der Waals surface area contributed by atoms with Crippen LogP contribution in [0.4, 0.5) is 11.4 Å². The number of halogens is 1. The number of carbonyl (C=O) groups is 1. The number of carbonyl (C=O) groups excluding carboxylic acids is 1. The molecule has 0 saturated heterocycles. The van der Waals surface area contributed by atoms with Crippen molar-refractivity contribution in [3.05, 3.63) is 86.4 Å². The van der Waals surface area contributed by atoms with Gasteiger partial charge in [0.25, 0.3) is 11.6 Å². The minimum absolute atomic E-state index is 0.0158. The first-order valence-corrected chi connectivity index (χ1v) is 9.42. The number of nitrogens with one attached hydrogen (secondary N) is 1. The summed E-state index contributed by atoms with van der Waals surface area (Å²) in [7, 11) is 0. The molecule has 7 nitrogen and oxygen atoms in total. The van der Waals surface area contributed by atoms with E-state index in [9.17, 15) is 14.9 Å². The highest BCUT2D eigenvalue weighted by Gasteiger charge is 2.17. The zero-order valence-corrected chi connectivity index (χ0v) is 16.9.